The van der Waals surface area contributed by atoms with Crippen molar-refractivity contribution in [2.75, 3.05) is 19.0 Å². The Morgan fingerprint density at radius 2 is 1.78 bits per heavy atom. The molecule has 0 bridgehead atoms. The van der Waals surface area contributed by atoms with Gasteiger partial charge in [0.1, 0.15) is 0 Å². The van der Waals surface area contributed by atoms with Crippen LogP contribution in [0.25, 0.3) is 0 Å². The Morgan fingerprint density at radius 3 is 1.78 bits per heavy atom. The van der Waals surface area contributed by atoms with Gasteiger partial charge in [0.2, 0.25) is 0 Å². The second-order valence-electron chi connectivity index (χ2n) is 1.40. The van der Waals surface area contributed by atoms with Crippen molar-refractivity contribution in [2.24, 2.45) is 0 Å². The highest BCUT2D eigenvalue weighted by atomic mass is 35.5. The Labute approximate surface area is 63.1 Å². The highest BCUT2D eigenvalue weighted by molar-refractivity contribution is 6.18. The van der Waals surface area contributed by atoms with Gasteiger partial charge in [0, 0.05) is 5.88 Å². The van der Waals surface area contributed by atoms with E-state index in [9.17, 15) is 0 Å². The standard InChI is InChI=1S/C4H11N.C3H5Cl/c1-3-5-4-2;1-2-3-4/h5H,3-4H2,1-2H3;2H,1,3H2. The lowest BCUT2D eigenvalue weighted by molar-refractivity contribution is 0.762. The van der Waals surface area contributed by atoms with Gasteiger partial charge < -0.3 is 5.32 Å². The van der Waals surface area contributed by atoms with Gasteiger partial charge in [-0.2, -0.15) is 0 Å². The maximum atomic E-state index is 5.07. The van der Waals surface area contributed by atoms with Crippen molar-refractivity contribution in [2.45, 2.75) is 13.8 Å². The zero-order chi connectivity index (χ0) is 7.54. The van der Waals surface area contributed by atoms with Crippen LogP contribution in [-0.4, -0.2) is 19.0 Å². The summed E-state index contributed by atoms with van der Waals surface area (Å²) < 4.78 is 0. The molecule has 0 saturated heterocycles. The fourth-order valence-corrected chi connectivity index (χ4v) is 0.250. The summed E-state index contributed by atoms with van der Waals surface area (Å²) in [6, 6.07) is 0. The van der Waals surface area contributed by atoms with E-state index in [0.717, 1.165) is 13.1 Å². The molecule has 0 fully saturated rings. The van der Waals surface area contributed by atoms with Crippen molar-refractivity contribution in [1.29, 1.82) is 0 Å². The number of hydrogen-bond acceptors (Lipinski definition) is 1. The van der Waals surface area contributed by atoms with Crippen LogP contribution in [0.5, 0.6) is 0 Å². The highest BCUT2D eigenvalue weighted by Gasteiger charge is 1.62. The molecule has 9 heavy (non-hydrogen) atoms. The number of nitrogens with one attached hydrogen (secondary N) is 1. The average molecular weight is 150 g/mol. The van der Waals surface area contributed by atoms with Crippen molar-refractivity contribution in [3.8, 4) is 0 Å². The molecule has 0 aliphatic rings. The zero-order valence-corrected chi connectivity index (χ0v) is 7.04. The summed E-state index contributed by atoms with van der Waals surface area (Å²) in [5, 5.41) is 3.11. The Hall–Kier alpha value is -0.0100. The smallest absolute Gasteiger partial charge is 0.0401 e. The minimum atomic E-state index is 0.556. The largest absolute Gasteiger partial charge is 0.317 e. The number of halogens is 1. The van der Waals surface area contributed by atoms with E-state index >= 15 is 0 Å². The van der Waals surface area contributed by atoms with Crippen LogP contribution in [0.4, 0.5) is 0 Å². The summed E-state index contributed by atoms with van der Waals surface area (Å²) in [5.41, 5.74) is 0. The van der Waals surface area contributed by atoms with Gasteiger partial charge in [-0.05, 0) is 13.1 Å². The third-order valence-electron chi connectivity index (χ3n) is 0.609. The van der Waals surface area contributed by atoms with Gasteiger partial charge in [0.05, 0.1) is 0 Å². The van der Waals surface area contributed by atoms with Crippen LogP contribution in [0.1, 0.15) is 13.8 Å². The molecule has 0 atom stereocenters. The predicted octanol–water partition coefficient (Wildman–Crippen LogP) is 2.03. The van der Waals surface area contributed by atoms with Gasteiger partial charge in [-0.25, -0.2) is 0 Å². The van der Waals surface area contributed by atoms with Gasteiger partial charge in [-0.15, -0.1) is 18.2 Å². The minimum Gasteiger partial charge on any atom is -0.317 e. The quantitative estimate of drug-likeness (QED) is 0.478. The van der Waals surface area contributed by atoms with E-state index in [1.807, 2.05) is 0 Å². The van der Waals surface area contributed by atoms with Gasteiger partial charge in [0.25, 0.3) is 0 Å². The molecule has 1 nitrogen and oxygen atoms in total. The molecule has 1 N–H and O–H groups in total. The van der Waals surface area contributed by atoms with E-state index in [1.165, 1.54) is 0 Å². The zero-order valence-electron chi connectivity index (χ0n) is 6.28. The van der Waals surface area contributed by atoms with E-state index in [0.29, 0.717) is 5.88 Å². The van der Waals surface area contributed by atoms with E-state index in [1.54, 1.807) is 6.08 Å². The molecule has 0 aromatic rings. The third-order valence-corrected chi connectivity index (χ3v) is 0.827. The van der Waals surface area contributed by atoms with Crippen LogP contribution in [0.15, 0.2) is 12.7 Å². The number of hydrogen-bond donors (Lipinski definition) is 1. The van der Waals surface area contributed by atoms with Crippen molar-refractivity contribution < 1.29 is 0 Å². The second-order valence-corrected chi connectivity index (χ2v) is 1.71. The van der Waals surface area contributed by atoms with Gasteiger partial charge in [-0.1, -0.05) is 19.9 Å². The van der Waals surface area contributed by atoms with Gasteiger partial charge in [-0.3, -0.25) is 0 Å². The van der Waals surface area contributed by atoms with Crippen LogP contribution >= 0.6 is 11.6 Å². The lowest BCUT2D eigenvalue weighted by Gasteiger charge is -1.86. The van der Waals surface area contributed by atoms with Gasteiger partial charge >= 0.3 is 0 Å². The molecule has 0 radical (unpaired) electrons. The topological polar surface area (TPSA) is 12.0 Å². The molecular weight excluding hydrogens is 134 g/mol. The minimum absolute atomic E-state index is 0.556. The molecule has 56 valence electrons. The average Bonchev–Trinajstić information content (AvgIpc) is 1.91. The number of rotatable bonds is 3. The molecule has 0 aliphatic carbocycles. The molecule has 0 aromatic carbocycles. The van der Waals surface area contributed by atoms with Crippen LogP contribution < -0.4 is 5.32 Å². The maximum absolute atomic E-state index is 5.07. The first-order valence-electron chi connectivity index (χ1n) is 3.21. The molecule has 0 spiro atoms. The number of allylic oxidation sites excluding steroid dienone is 1. The summed E-state index contributed by atoms with van der Waals surface area (Å²) in [7, 11) is 0. The molecule has 0 aromatic heterocycles. The summed E-state index contributed by atoms with van der Waals surface area (Å²) in [4.78, 5) is 0. The Bertz CT molecular complexity index is 44.2. The summed E-state index contributed by atoms with van der Waals surface area (Å²) in [6.45, 7) is 9.74. The normalized spacial score (nSPS) is 7.44. The molecule has 0 heterocycles. The van der Waals surface area contributed by atoms with Crippen molar-refractivity contribution in [1.82, 2.24) is 5.32 Å². The molecule has 0 saturated carbocycles. The SMILES string of the molecule is C=CCCl.CCNCC. The lowest BCUT2D eigenvalue weighted by Crippen LogP contribution is -2.09. The fourth-order valence-electron chi connectivity index (χ4n) is 0.250. The second kappa shape index (κ2) is 15.7. The van der Waals surface area contributed by atoms with Crippen molar-refractivity contribution in [3.63, 3.8) is 0 Å². The Balaban J connectivity index is 0. The first-order chi connectivity index (χ1) is 4.33. The van der Waals surface area contributed by atoms with Crippen LogP contribution in [0, 0.1) is 0 Å². The molecule has 2 heteroatoms. The van der Waals surface area contributed by atoms with Crippen LogP contribution in [-0.2, 0) is 0 Å². The van der Waals surface area contributed by atoms with E-state index in [2.05, 4.69) is 25.7 Å². The molecule has 0 rings (SSSR count). The molecular formula is C7H16ClN. The molecule has 0 aliphatic heterocycles. The maximum Gasteiger partial charge on any atom is 0.0401 e. The van der Waals surface area contributed by atoms with E-state index < -0.39 is 0 Å². The predicted molar refractivity (Wildman–Crippen MR) is 45.1 cm³/mol. The fraction of sp³-hybridized carbons (Fsp3) is 0.714. The lowest BCUT2D eigenvalue weighted by atomic mass is 10.7. The first-order valence-corrected chi connectivity index (χ1v) is 3.74. The Kier molecular flexibility index (Phi) is 20.5. The van der Waals surface area contributed by atoms with Crippen LogP contribution in [0.2, 0.25) is 0 Å². The Morgan fingerprint density at radius 1 is 1.44 bits per heavy atom. The van der Waals surface area contributed by atoms with Crippen molar-refractivity contribution >= 4 is 11.6 Å². The summed E-state index contributed by atoms with van der Waals surface area (Å²) in [5.74, 6) is 0.556. The van der Waals surface area contributed by atoms with Crippen LogP contribution in [0.3, 0.4) is 0 Å². The first kappa shape index (κ1) is 11.7. The van der Waals surface area contributed by atoms with Gasteiger partial charge in [0.15, 0.2) is 0 Å². The van der Waals surface area contributed by atoms with Crippen molar-refractivity contribution in [3.05, 3.63) is 12.7 Å². The monoisotopic (exact) mass is 149 g/mol. The number of alkyl halides is 1. The van der Waals surface area contributed by atoms with E-state index in [-0.39, 0.29) is 0 Å². The third kappa shape index (κ3) is 32.1. The van der Waals surface area contributed by atoms with E-state index in [4.69, 9.17) is 11.6 Å². The summed E-state index contributed by atoms with van der Waals surface area (Å²) >= 11 is 5.07. The highest BCUT2D eigenvalue weighted by Crippen LogP contribution is 1.67. The molecule has 0 amide bonds. The molecule has 0 unspecified atom stereocenters. The summed E-state index contributed by atoms with van der Waals surface area (Å²) in [6.07, 6.45) is 1.64.